The molecule has 0 spiro atoms. The van der Waals surface area contributed by atoms with Gasteiger partial charge in [0.25, 0.3) is 0 Å². The van der Waals surface area contributed by atoms with E-state index in [0.717, 1.165) is 35.1 Å². The molecule has 120 valence electrons. The quantitative estimate of drug-likeness (QED) is 0.837. The van der Waals surface area contributed by atoms with Gasteiger partial charge in [0.05, 0.1) is 5.41 Å². The lowest BCUT2D eigenvalue weighted by atomic mass is 9.95. The molecule has 0 radical (unpaired) electrons. The van der Waals surface area contributed by atoms with Gasteiger partial charge in [-0.1, -0.05) is 46.3 Å². The molecule has 1 amide bonds. The van der Waals surface area contributed by atoms with Crippen molar-refractivity contribution in [2.75, 3.05) is 25.0 Å². The highest BCUT2D eigenvalue weighted by atomic mass is 79.9. The number of nitrogens with one attached hydrogen (secondary N) is 1. The second kappa shape index (κ2) is 6.75. The van der Waals surface area contributed by atoms with Crippen molar-refractivity contribution < 1.29 is 4.79 Å². The van der Waals surface area contributed by atoms with Crippen LogP contribution in [0.15, 0.2) is 59.1 Å². The lowest BCUT2D eigenvalue weighted by Gasteiger charge is -2.21. The number of anilines is 1. The molecule has 0 bridgehead atoms. The molecule has 0 atom stereocenters. The molecule has 1 aliphatic carbocycles. The molecular formula is C19H21BrN2O. The Morgan fingerprint density at radius 1 is 1.13 bits per heavy atom. The molecule has 1 N–H and O–H groups in total. The number of nitrogens with zero attached hydrogens (tertiary/aromatic N) is 1. The molecule has 4 heteroatoms. The molecule has 23 heavy (non-hydrogen) atoms. The van der Waals surface area contributed by atoms with Gasteiger partial charge < -0.3 is 10.2 Å². The maximum Gasteiger partial charge on any atom is 0.230 e. The molecule has 0 saturated heterocycles. The Balaban J connectivity index is 1.54. The van der Waals surface area contributed by atoms with Crippen LogP contribution in [0, 0.1) is 0 Å². The molecule has 0 aromatic heterocycles. The number of likely N-dealkylation sites (N-methyl/N-ethyl adjacent to an activating group) is 1. The van der Waals surface area contributed by atoms with E-state index in [1.807, 2.05) is 49.5 Å². The molecule has 0 aliphatic heterocycles. The summed E-state index contributed by atoms with van der Waals surface area (Å²) in [5.74, 6) is 0.154. The van der Waals surface area contributed by atoms with Crippen molar-refractivity contribution in [2.45, 2.75) is 18.3 Å². The number of rotatable bonds is 6. The van der Waals surface area contributed by atoms with E-state index in [1.54, 1.807) is 0 Å². The van der Waals surface area contributed by atoms with Gasteiger partial charge in [0.1, 0.15) is 0 Å². The molecule has 1 aliphatic rings. The van der Waals surface area contributed by atoms with Gasteiger partial charge in [-0.2, -0.15) is 0 Å². The summed E-state index contributed by atoms with van der Waals surface area (Å²) in [6.45, 7) is 1.45. The van der Waals surface area contributed by atoms with Crippen LogP contribution in [0.4, 0.5) is 5.69 Å². The van der Waals surface area contributed by atoms with Crippen LogP contribution in [0.5, 0.6) is 0 Å². The third-order valence-corrected chi connectivity index (χ3v) is 5.04. The number of carbonyl (C=O) groups excluding carboxylic acids is 1. The van der Waals surface area contributed by atoms with Gasteiger partial charge in [-0.15, -0.1) is 0 Å². The summed E-state index contributed by atoms with van der Waals surface area (Å²) < 4.78 is 1.04. The fourth-order valence-electron chi connectivity index (χ4n) is 2.86. The maximum absolute atomic E-state index is 12.6. The van der Waals surface area contributed by atoms with Crippen LogP contribution in [-0.4, -0.2) is 26.0 Å². The van der Waals surface area contributed by atoms with E-state index in [-0.39, 0.29) is 11.3 Å². The Morgan fingerprint density at radius 3 is 2.39 bits per heavy atom. The number of amides is 1. The topological polar surface area (TPSA) is 32.3 Å². The minimum Gasteiger partial charge on any atom is -0.373 e. The lowest BCUT2D eigenvalue weighted by Crippen LogP contribution is -2.39. The summed E-state index contributed by atoms with van der Waals surface area (Å²) in [4.78, 5) is 14.7. The maximum atomic E-state index is 12.6. The van der Waals surface area contributed by atoms with E-state index in [1.165, 1.54) is 0 Å². The average molecular weight is 373 g/mol. The van der Waals surface area contributed by atoms with Crippen molar-refractivity contribution in [3.05, 3.63) is 64.6 Å². The van der Waals surface area contributed by atoms with Crippen molar-refractivity contribution in [3.63, 3.8) is 0 Å². The SMILES string of the molecule is CN(CCNC(=O)C1(c2ccc(Br)cc2)CC1)c1ccccc1. The van der Waals surface area contributed by atoms with E-state index in [4.69, 9.17) is 0 Å². The predicted molar refractivity (Wildman–Crippen MR) is 97.8 cm³/mol. The summed E-state index contributed by atoms with van der Waals surface area (Å²) in [6.07, 6.45) is 1.88. The highest BCUT2D eigenvalue weighted by Crippen LogP contribution is 2.48. The number of benzene rings is 2. The summed E-state index contributed by atoms with van der Waals surface area (Å²) in [7, 11) is 2.04. The van der Waals surface area contributed by atoms with Gasteiger partial charge in [-0.25, -0.2) is 0 Å². The lowest BCUT2D eigenvalue weighted by molar-refractivity contribution is -0.123. The van der Waals surface area contributed by atoms with Gasteiger partial charge in [0.15, 0.2) is 0 Å². The fourth-order valence-corrected chi connectivity index (χ4v) is 3.12. The highest BCUT2D eigenvalue weighted by molar-refractivity contribution is 9.10. The molecule has 3 rings (SSSR count). The van der Waals surface area contributed by atoms with Crippen LogP contribution in [-0.2, 0) is 10.2 Å². The Bertz CT molecular complexity index is 666. The zero-order chi connectivity index (χ0) is 16.3. The number of carbonyl (C=O) groups is 1. The normalized spacial score (nSPS) is 15.0. The van der Waals surface area contributed by atoms with Crippen molar-refractivity contribution in [2.24, 2.45) is 0 Å². The van der Waals surface area contributed by atoms with Crippen molar-refractivity contribution in [3.8, 4) is 0 Å². The molecule has 1 saturated carbocycles. The van der Waals surface area contributed by atoms with E-state index < -0.39 is 0 Å². The molecule has 0 heterocycles. The molecule has 1 fully saturated rings. The molecule has 2 aromatic rings. The first kappa shape index (κ1) is 16.1. The fraction of sp³-hybridized carbons (Fsp3) is 0.316. The van der Waals surface area contributed by atoms with Gasteiger partial charge in [-0.05, 0) is 42.7 Å². The van der Waals surface area contributed by atoms with Gasteiger partial charge >= 0.3 is 0 Å². The first-order valence-electron chi connectivity index (χ1n) is 7.92. The Kier molecular flexibility index (Phi) is 4.71. The van der Waals surface area contributed by atoms with Crippen LogP contribution >= 0.6 is 15.9 Å². The Hall–Kier alpha value is -1.81. The summed E-state index contributed by atoms with van der Waals surface area (Å²) in [5, 5.41) is 3.11. The summed E-state index contributed by atoms with van der Waals surface area (Å²) in [5.41, 5.74) is 1.98. The van der Waals surface area contributed by atoms with Crippen LogP contribution < -0.4 is 10.2 Å². The molecule has 0 unspecified atom stereocenters. The van der Waals surface area contributed by atoms with Crippen molar-refractivity contribution in [1.82, 2.24) is 5.32 Å². The van der Waals surface area contributed by atoms with Gasteiger partial charge in [0, 0.05) is 30.3 Å². The zero-order valence-electron chi connectivity index (χ0n) is 13.3. The van der Waals surface area contributed by atoms with Crippen molar-refractivity contribution in [1.29, 1.82) is 0 Å². The first-order chi connectivity index (χ1) is 11.1. The second-order valence-corrected chi connectivity index (χ2v) is 7.02. The van der Waals surface area contributed by atoms with E-state index in [9.17, 15) is 4.79 Å². The van der Waals surface area contributed by atoms with E-state index in [2.05, 4.69) is 38.3 Å². The van der Waals surface area contributed by atoms with Crippen molar-refractivity contribution >= 4 is 27.5 Å². The number of hydrogen-bond acceptors (Lipinski definition) is 2. The predicted octanol–water partition coefficient (Wildman–Crippen LogP) is 3.73. The largest absolute Gasteiger partial charge is 0.373 e. The number of halogens is 1. The van der Waals surface area contributed by atoms with E-state index >= 15 is 0 Å². The smallest absolute Gasteiger partial charge is 0.230 e. The number of hydrogen-bond donors (Lipinski definition) is 1. The second-order valence-electron chi connectivity index (χ2n) is 6.10. The molecular weight excluding hydrogens is 352 g/mol. The summed E-state index contributed by atoms with van der Waals surface area (Å²) >= 11 is 3.44. The third kappa shape index (κ3) is 3.58. The van der Waals surface area contributed by atoms with Crippen LogP contribution in [0.3, 0.4) is 0 Å². The Labute approximate surface area is 145 Å². The minimum atomic E-state index is -0.300. The average Bonchev–Trinajstić information content (AvgIpc) is 3.38. The minimum absolute atomic E-state index is 0.154. The van der Waals surface area contributed by atoms with Gasteiger partial charge in [-0.3, -0.25) is 4.79 Å². The van der Waals surface area contributed by atoms with Crippen LogP contribution in [0.1, 0.15) is 18.4 Å². The summed E-state index contributed by atoms with van der Waals surface area (Å²) in [6, 6.07) is 18.3. The monoisotopic (exact) mass is 372 g/mol. The highest BCUT2D eigenvalue weighted by Gasteiger charge is 2.50. The Morgan fingerprint density at radius 2 is 1.78 bits per heavy atom. The third-order valence-electron chi connectivity index (χ3n) is 4.51. The number of para-hydroxylation sites is 1. The first-order valence-corrected chi connectivity index (χ1v) is 8.72. The standard InChI is InChI=1S/C19H21BrN2O/c1-22(17-5-3-2-4-6-17)14-13-21-18(23)19(11-12-19)15-7-9-16(20)10-8-15/h2-10H,11-14H2,1H3,(H,21,23). The molecule has 2 aromatic carbocycles. The van der Waals surface area contributed by atoms with Gasteiger partial charge in [0.2, 0.25) is 5.91 Å². The molecule has 3 nitrogen and oxygen atoms in total. The van der Waals surface area contributed by atoms with E-state index in [0.29, 0.717) is 6.54 Å². The van der Waals surface area contributed by atoms with Crippen LogP contribution in [0.2, 0.25) is 0 Å². The van der Waals surface area contributed by atoms with Crippen LogP contribution in [0.25, 0.3) is 0 Å². The zero-order valence-corrected chi connectivity index (χ0v) is 14.8.